The van der Waals surface area contributed by atoms with Gasteiger partial charge >= 0.3 is 0 Å². The van der Waals surface area contributed by atoms with E-state index < -0.39 is 5.60 Å². The first-order valence-corrected chi connectivity index (χ1v) is 6.27. The van der Waals surface area contributed by atoms with E-state index in [9.17, 15) is 9.90 Å². The summed E-state index contributed by atoms with van der Waals surface area (Å²) in [4.78, 5) is 11.4. The highest BCUT2D eigenvalue weighted by Crippen LogP contribution is 2.53. The highest BCUT2D eigenvalue weighted by atomic mass is 16.3. The molecule has 0 aliphatic heterocycles. The van der Waals surface area contributed by atoms with Crippen molar-refractivity contribution in [2.75, 3.05) is 0 Å². The third kappa shape index (κ3) is 1.84. The van der Waals surface area contributed by atoms with Gasteiger partial charge in [0.15, 0.2) is 5.78 Å². The van der Waals surface area contributed by atoms with Gasteiger partial charge in [0.1, 0.15) is 0 Å². The topological polar surface area (TPSA) is 37.3 Å². The van der Waals surface area contributed by atoms with Gasteiger partial charge in [-0.1, -0.05) is 19.4 Å². The average Bonchev–Trinajstić information content (AvgIpc) is 2.15. The average molecular weight is 222 g/mol. The minimum Gasteiger partial charge on any atom is -0.390 e. The lowest BCUT2D eigenvalue weighted by molar-refractivity contribution is -0.117. The van der Waals surface area contributed by atoms with Crippen LogP contribution in [0.3, 0.4) is 0 Å². The van der Waals surface area contributed by atoms with Gasteiger partial charge in [-0.25, -0.2) is 0 Å². The van der Waals surface area contributed by atoms with E-state index in [4.69, 9.17) is 0 Å². The summed E-state index contributed by atoms with van der Waals surface area (Å²) in [5.74, 6) is 0.418. The van der Waals surface area contributed by atoms with E-state index in [1.165, 1.54) is 6.42 Å². The minimum atomic E-state index is -0.595. The number of carbonyl (C=O) groups excluding carboxylic acids is 1. The van der Waals surface area contributed by atoms with E-state index in [-0.39, 0.29) is 17.1 Å². The maximum Gasteiger partial charge on any atom is 0.155 e. The van der Waals surface area contributed by atoms with E-state index >= 15 is 0 Å². The normalized spacial score (nSPS) is 43.5. The van der Waals surface area contributed by atoms with Gasteiger partial charge in [0.05, 0.1) is 5.60 Å². The molecule has 2 aliphatic rings. The number of hydrogen-bond acceptors (Lipinski definition) is 2. The highest BCUT2D eigenvalue weighted by Gasteiger charge is 2.49. The first-order valence-electron chi connectivity index (χ1n) is 6.27. The molecule has 0 amide bonds. The van der Waals surface area contributed by atoms with E-state index in [1.807, 2.05) is 6.92 Å². The lowest BCUT2D eigenvalue weighted by atomic mass is 9.55. The van der Waals surface area contributed by atoms with Crippen LogP contribution in [0, 0.1) is 11.3 Å². The molecular formula is C14H22O2. The number of Topliss-reactive ketones (excluding diaryl/α,β-unsaturated/α-hetero) is 1. The summed E-state index contributed by atoms with van der Waals surface area (Å²) in [6.45, 7) is 5.84. The highest BCUT2D eigenvalue weighted by molar-refractivity contribution is 5.93. The standard InChI is InChI=1S/C14H22O2/c1-10(15)11-5-8-13(2)6-4-7-14(3,16)12(13)9-11/h5,12,16H,4,6-9H2,1-3H3/t12-,13-,14-/m0/s1. The number of aliphatic hydroxyl groups is 1. The summed E-state index contributed by atoms with van der Waals surface area (Å²) in [6, 6.07) is 0. The van der Waals surface area contributed by atoms with Gasteiger partial charge in [-0.15, -0.1) is 0 Å². The Morgan fingerprint density at radius 3 is 2.75 bits per heavy atom. The van der Waals surface area contributed by atoms with Crippen molar-refractivity contribution in [3.63, 3.8) is 0 Å². The Hall–Kier alpha value is -0.630. The van der Waals surface area contributed by atoms with Gasteiger partial charge < -0.3 is 5.11 Å². The predicted molar refractivity (Wildman–Crippen MR) is 64.1 cm³/mol. The molecule has 0 aromatic heterocycles. The third-order valence-electron chi connectivity index (χ3n) is 4.71. The fraction of sp³-hybridized carbons (Fsp3) is 0.786. The zero-order valence-corrected chi connectivity index (χ0v) is 10.5. The summed E-state index contributed by atoms with van der Waals surface area (Å²) < 4.78 is 0. The van der Waals surface area contributed by atoms with Crippen LogP contribution in [0.5, 0.6) is 0 Å². The first kappa shape index (κ1) is 11.8. The van der Waals surface area contributed by atoms with Crippen molar-refractivity contribution in [2.45, 2.75) is 58.5 Å². The Morgan fingerprint density at radius 2 is 2.12 bits per heavy atom. The number of allylic oxidation sites excluding steroid dienone is 2. The smallest absolute Gasteiger partial charge is 0.155 e. The van der Waals surface area contributed by atoms with Crippen LogP contribution in [0.1, 0.15) is 52.9 Å². The van der Waals surface area contributed by atoms with E-state index in [2.05, 4.69) is 13.0 Å². The molecule has 90 valence electrons. The van der Waals surface area contributed by atoms with Crippen LogP contribution in [-0.2, 0) is 4.79 Å². The lowest BCUT2D eigenvalue weighted by Gasteiger charge is -2.51. The Morgan fingerprint density at radius 1 is 1.44 bits per heavy atom. The molecule has 0 spiro atoms. The van der Waals surface area contributed by atoms with Crippen molar-refractivity contribution in [2.24, 2.45) is 11.3 Å². The molecule has 1 fully saturated rings. The van der Waals surface area contributed by atoms with E-state index in [0.29, 0.717) is 0 Å². The first-order chi connectivity index (χ1) is 7.35. The largest absolute Gasteiger partial charge is 0.390 e. The quantitative estimate of drug-likeness (QED) is 0.740. The number of rotatable bonds is 1. The van der Waals surface area contributed by atoms with Crippen LogP contribution in [0.25, 0.3) is 0 Å². The number of hydrogen-bond donors (Lipinski definition) is 1. The van der Waals surface area contributed by atoms with Crippen molar-refractivity contribution in [3.8, 4) is 0 Å². The van der Waals surface area contributed by atoms with Crippen LogP contribution >= 0.6 is 0 Å². The molecule has 2 nitrogen and oxygen atoms in total. The summed E-state index contributed by atoms with van der Waals surface area (Å²) >= 11 is 0. The molecule has 0 bridgehead atoms. The molecule has 0 heterocycles. The van der Waals surface area contributed by atoms with Crippen molar-refractivity contribution in [3.05, 3.63) is 11.6 Å². The molecule has 0 saturated heterocycles. The van der Waals surface area contributed by atoms with Crippen LogP contribution in [0.15, 0.2) is 11.6 Å². The van der Waals surface area contributed by atoms with Gasteiger partial charge in [0.2, 0.25) is 0 Å². The van der Waals surface area contributed by atoms with Gasteiger partial charge in [-0.2, -0.15) is 0 Å². The van der Waals surface area contributed by atoms with Gasteiger partial charge in [-0.3, -0.25) is 4.79 Å². The molecule has 0 unspecified atom stereocenters. The Bertz CT molecular complexity index is 341. The number of ketones is 1. The van der Waals surface area contributed by atoms with E-state index in [0.717, 1.165) is 31.3 Å². The summed E-state index contributed by atoms with van der Waals surface area (Å²) in [5, 5.41) is 10.5. The molecule has 2 aliphatic carbocycles. The Labute approximate surface area is 97.7 Å². The lowest BCUT2D eigenvalue weighted by Crippen LogP contribution is -2.49. The van der Waals surface area contributed by atoms with Crippen LogP contribution in [0.4, 0.5) is 0 Å². The molecule has 16 heavy (non-hydrogen) atoms. The molecule has 3 atom stereocenters. The fourth-order valence-corrected chi connectivity index (χ4v) is 3.61. The maximum atomic E-state index is 11.4. The third-order valence-corrected chi connectivity index (χ3v) is 4.71. The second-order valence-electron chi connectivity index (χ2n) is 6.11. The summed E-state index contributed by atoms with van der Waals surface area (Å²) in [6.07, 6.45) is 6.96. The van der Waals surface area contributed by atoms with Crippen LogP contribution in [0.2, 0.25) is 0 Å². The van der Waals surface area contributed by atoms with E-state index in [1.54, 1.807) is 6.92 Å². The molecule has 2 heteroatoms. The number of fused-ring (bicyclic) bond motifs is 1. The number of carbonyl (C=O) groups is 1. The molecule has 1 N–H and O–H groups in total. The maximum absolute atomic E-state index is 11.4. The van der Waals surface area contributed by atoms with Crippen molar-refractivity contribution in [1.82, 2.24) is 0 Å². The van der Waals surface area contributed by atoms with Crippen LogP contribution < -0.4 is 0 Å². The second kappa shape index (κ2) is 3.69. The van der Waals surface area contributed by atoms with Crippen LogP contribution in [-0.4, -0.2) is 16.5 Å². The monoisotopic (exact) mass is 222 g/mol. The Balaban J connectivity index is 2.30. The summed E-state index contributed by atoms with van der Waals surface area (Å²) in [5.41, 5.74) is 0.521. The predicted octanol–water partition coefficient (Wildman–Crippen LogP) is 2.85. The zero-order valence-electron chi connectivity index (χ0n) is 10.5. The van der Waals surface area contributed by atoms with Crippen molar-refractivity contribution in [1.29, 1.82) is 0 Å². The molecule has 0 radical (unpaired) electrons. The zero-order chi connectivity index (χ0) is 12.0. The van der Waals surface area contributed by atoms with Crippen molar-refractivity contribution < 1.29 is 9.90 Å². The molecular weight excluding hydrogens is 200 g/mol. The fourth-order valence-electron chi connectivity index (χ4n) is 3.61. The minimum absolute atomic E-state index is 0.170. The Kier molecular flexibility index (Phi) is 2.73. The molecule has 1 saturated carbocycles. The SMILES string of the molecule is CC(=O)C1=CC[C@]2(C)CCC[C@](C)(O)[C@H]2C1. The second-order valence-corrected chi connectivity index (χ2v) is 6.11. The summed E-state index contributed by atoms with van der Waals surface area (Å²) in [7, 11) is 0. The van der Waals surface area contributed by atoms with Gasteiger partial charge in [-0.05, 0) is 56.4 Å². The molecule has 0 aromatic carbocycles. The van der Waals surface area contributed by atoms with Gasteiger partial charge in [0, 0.05) is 0 Å². The molecule has 2 rings (SSSR count). The molecule has 0 aromatic rings. The van der Waals surface area contributed by atoms with Crippen molar-refractivity contribution >= 4 is 5.78 Å². The van der Waals surface area contributed by atoms with Gasteiger partial charge in [0.25, 0.3) is 0 Å².